The second kappa shape index (κ2) is 26.5. The maximum Gasteiger partial charge on any atom is 0.500 e. The average molecular weight is 1240 g/mol. The third-order valence-corrected chi connectivity index (χ3v) is 20.5. The van der Waals surface area contributed by atoms with Gasteiger partial charge in [0, 0.05) is 76.6 Å². The molecule has 5 heterocycles. The summed E-state index contributed by atoms with van der Waals surface area (Å²) in [4.78, 5) is 32.8. The van der Waals surface area contributed by atoms with Gasteiger partial charge in [0.1, 0.15) is 19.0 Å². The van der Waals surface area contributed by atoms with Crippen LogP contribution in [-0.2, 0) is 55.3 Å². The minimum atomic E-state index is -2.88. The summed E-state index contributed by atoms with van der Waals surface area (Å²) in [6, 6.07) is 39.0. The predicted octanol–water partition coefficient (Wildman–Crippen LogP) is 20.9. The van der Waals surface area contributed by atoms with Crippen LogP contribution in [0.5, 0.6) is 5.75 Å². The van der Waals surface area contributed by atoms with Crippen molar-refractivity contribution in [2.24, 2.45) is 0 Å². The lowest BCUT2D eigenvalue weighted by molar-refractivity contribution is -0.144. The summed E-state index contributed by atoms with van der Waals surface area (Å²) in [7, 11) is -2.88. The van der Waals surface area contributed by atoms with Gasteiger partial charge in [-0.15, -0.1) is 0 Å². The van der Waals surface area contributed by atoms with Crippen molar-refractivity contribution >= 4 is 61.1 Å². The molecular formula is C80H102N4O6Si. The fourth-order valence-electron chi connectivity index (χ4n) is 11.9. The highest BCUT2D eigenvalue weighted by molar-refractivity contribution is 6.60. The van der Waals surface area contributed by atoms with E-state index >= 15 is 0 Å². The molecular weight excluding hydrogens is 1140 g/mol. The summed E-state index contributed by atoms with van der Waals surface area (Å²) < 4.78 is 30.2. The van der Waals surface area contributed by atoms with Crippen molar-refractivity contribution in [1.82, 2.24) is 19.9 Å². The van der Waals surface area contributed by atoms with Crippen molar-refractivity contribution in [1.29, 1.82) is 0 Å². The van der Waals surface area contributed by atoms with E-state index in [9.17, 15) is 4.79 Å². The average Bonchev–Trinajstić information content (AvgIpc) is 1.78. The standard InChI is InChI=1S/C80H102N4O6Si/c1-22-88-91(89-23-2,90-24-3)40-26-29-70(85)87-39-38-86-61-28-25-27-51(47-61)71-62-30-32-64(81-62)72(52-41-55(75(4,5)6)48-56(42-52)76(7,8)9)66-34-36-68(83-66)74(54-45-59(79(16,17)18)50-60(46-54)80(19,20)21)69-37-35-67(84-69)73(65-33-31-63(71)82-65)53-43-57(77(10,11)12)49-58(44-53)78(13,14)15/h25,27-28,30-37,41-50,81,84H,22-24,26,29,38-40H2,1-21H3. The Balaban J connectivity index is 1.32. The second-order valence-electron chi connectivity index (χ2n) is 30.8. The first-order chi connectivity index (χ1) is 42.6. The number of hydrogen-bond donors (Lipinski definition) is 2. The number of ether oxygens (including phenoxy) is 2. The summed E-state index contributed by atoms with van der Waals surface area (Å²) in [5.74, 6) is 0.332. The van der Waals surface area contributed by atoms with E-state index < -0.39 is 8.80 Å². The molecule has 2 aliphatic rings. The molecule has 0 atom stereocenters. The highest BCUT2D eigenvalue weighted by atomic mass is 28.4. The number of hydrogen-bond acceptors (Lipinski definition) is 8. The van der Waals surface area contributed by atoms with E-state index in [2.05, 4.69) is 250 Å². The Labute approximate surface area is 545 Å². The Morgan fingerprint density at radius 1 is 0.407 bits per heavy atom. The van der Waals surface area contributed by atoms with E-state index in [1.165, 1.54) is 33.4 Å². The normalized spacial score (nSPS) is 13.3. The lowest BCUT2D eigenvalue weighted by atomic mass is 9.78. The number of nitrogens with one attached hydrogen (secondary N) is 2. The minimum absolute atomic E-state index is 0.0920. The van der Waals surface area contributed by atoms with Gasteiger partial charge in [-0.1, -0.05) is 191 Å². The zero-order valence-electron chi connectivity index (χ0n) is 58.6. The van der Waals surface area contributed by atoms with Gasteiger partial charge >= 0.3 is 14.8 Å². The first-order valence-electron chi connectivity index (χ1n) is 33.1. The largest absolute Gasteiger partial charge is 0.500 e. The van der Waals surface area contributed by atoms with Gasteiger partial charge < -0.3 is 32.7 Å². The molecule has 0 fully saturated rings. The van der Waals surface area contributed by atoms with E-state index in [0.29, 0.717) is 38.0 Å². The van der Waals surface area contributed by atoms with Gasteiger partial charge in [0.05, 0.1) is 22.8 Å². The number of carbonyl (C=O) groups is 1. The van der Waals surface area contributed by atoms with E-state index in [-0.39, 0.29) is 58.1 Å². The maximum atomic E-state index is 13.1. The molecule has 91 heavy (non-hydrogen) atoms. The topological polar surface area (TPSA) is 121 Å². The molecule has 4 aromatic carbocycles. The summed E-state index contributed by atoms with van der Waals surface area (Å²) in [5.41, 5.74) is 21.9. The van der Waals surface area contributed by atoms with E-state index in [1.807, 2.05) is 32.9 Å². The van der Waals surface area contributed by atoms with Crippen molar-refractivity contribution in [3.63, 3.8) is 0 Å². The number of carbonyl (C=O) groups excluding carboxylic acids is 1. The van der Waals surface area contributed by atoms with E-state index in [4.69, 9.17) is 32.7 Å². The quantitative estimate of drug-likeness (QED) is 0.0495. The fourth-order valence-corrected chi connectivity index (χ4v) is 14.5. The van der Waals surface area contributed by atoms with Crippen LogP contribution in [0.3, 0.4) is 0 Å². The molecule has 0 saturated carbocycles. The van der Waals surface area contributed by atoms with Crippen LogP contribution in [-0.4, -0.2) is 67.7 Å². The van der Waals surface area contributed by atoms with Crippen LogP contribution in [0.2, 0.25) is 6.04 Å². The summed E-state index contributed by atoms with van der Waals surface area (Å²) >= 11 is 0. The van der Waals surface area contributed by atoms with Gasteiger partial charge in [0.25, 0.3) is 0 Å². The van der Waals surface area contributed by atoms with Crippen molar-refractivity contribution in [2.45, 2.75) is 197 Å². The molecule has 2 aliphatic heterocycles. The van der Waals surface area contributed by atoms with Gasteiger partial charge in [-0.25, -0.2) is 9.97 Å². The van der Waals surface area contributed by atoms with Crippen LogP contribution in [0.15, 0.2) is 103 Å². The van der Waals surface area contributed by atoms with Crippen molar-refractivity contribution in [3.8, 4) is 50.3 Å². The Bertz CT molecular complexity index is 3870. The third kappa shape index (κ3) is 15.8. The number of H-pyrrole nitrogens is 2. The minimum Gasteiger partial charge on any atom is -0.490 e. The number of benzene rings is 4. The highest BCUT2D eigenvalue weighted by Gasteiger charge is 2.40. The van der Waals surface area contributed by atoms with Crippen LogP contribution in [0.4, 0.5) is 0 Å². The molecule has 8 bridgehead atoms. The van der Waals surface area contributed by atoms with Gasteiger partial charge in [-0.05, 0) is 176 Å². The molecule has 0 spiro atoms. The number of rotatable bonds is 18. The molecule has 0 saturated heterocycles. The second-order valence-corrected chi connectivity index (χ2v) is 33.6. The maximum absolute atomic E-state index is 13.1. The summed E-state index contributed by atoms with van der Waals surface area (Å²) in [6.45, 7) is 48.9. The Hall–Kier alpha value is -7.15. The van der Waals surface area contributed by atoms with Crippen molar-refractivity contribution < 1.29 is 27.5 Å². The molecule has 7 aromatic rings. The number of aromatic amines is 2. The predicted molar refractivity (Wildman–Crippen MR) is 384 cm³/mol. The fraction of sp³-hybridized carbons (Fsp3) is 0.438. The van der Waals surface area contributed by atoms with Gasteiger partial charge in [0.2, 0.25) is 0 Å². The van der Waals surface area contributed by atoms with Gasteiger partial charge in [-0.3, -0.25) is 4.79 Å². The van der Waals surface area contributed by atoms with Crippen LogP contribution >= 0.6 is 0 Å². The first-order valence-corrected chi connectivity index (χ1v) is 35.0. The van der Waals surface area contributed by atoms with Crippen LogP contribution in [0.25, 0.3) is 90.9 Å². The molecule has 0 aliphatic carbocycles. The molecule has 2 N–H and O–H groups in total. The molecule has 10 nitrogen and oxygen atoms in total. The highest BCUT2D eigenvalue weighted by Crippen LogP contribution is 2.44. The Morgan fingerprint density at radius 2 is 0.725 bits per heavy atom. The summed E-state index contributed by atoms with van der Waals surface area (Å²) in [6.07, 6.45) is 9.52. The Morgan fingerprint density at radius 3 is 1.03 bits per heavy atom. The monoisotopic (exact) mass is 1240 g/mol. The summed E-state index contributed by atoms with van der Waals surface area (Å²) in [5, 5.41) is 0. The number of fused-ring (bicyclic) bond motifs is 8. The SMILES string of the molecule is CCO[Si](CCCC(=O)OCCOc1cccc(-c2c3nc(c(-c4cc(C(C)(C)C)cc(C(C)(C)C)c4)c4ccc([nH]4)c(-c4cc(C(C)(C)C)cc(C(C)(C)C)c4)c4nc(c(-c5cc(C(C)(C)C)cc(C(C)(C)C)c5)c5ccc2[nH]5)C=C4)C=C3)c1)(OCC)OCC. The van der Waals surface area contributed by atoms with Crippen molar-refractivity contribution in [3.05, 3.63) is 159 Å². The number of nitrogens with zero attached hydrogens (tertiary/aromatic N) is 2. The van der Waals surface area contributed by atoms with Crippen LogP contribution in [0, 0.1) is 0 Å². The lowest BCUT2D eigenvalue weighted by Crippen LogP contribution is -2.46. The van der Waals surface area contributed by atoms with Crippen LogP contribution < -0.4 is 4.74 Å². The van der Waals surface area contributed by atoms with Crippen molar-refractivity contribution in [2.75, 3.05) is 33.0 Å². The molecule has 9 rings (SSSR count). The molecule has 482 valence electrons. The van der Waals surface area contributed by atoms with Gasteiger partial charge in [-0.2, -0.15) is 0 Å². The van der Waals surface area contributed by atoms with Gasteiger partial charge in [0.15, 0.2) is 0 Å². The number of aromatic nitrogens is 4. The Kier molecular flexibility index (Phi) is 19.8. The zero-order valence-corrected chi connectivity index (χ0v) is 59.6. The smallest absolute Gasteiger partial charge is 0.490 e. The molecule has 11 heteroatoms. The van der Waals surface area contributed by atoms with E-state index in [0.717, 1.165) is 89.4 Å². The zero-order chi connectivity index (χ0) is 66.2. The van der Waals surface area contributed by atoms with E-state index in [1.54, 1.807) is 0 Å². The molecule has 0 radical (unpaired) electrons. The molecule has 3 aromatic heterocycles. The lowest BCUT2D eigenvalue weighted by Gasteiger charge is -2.28. The first kappa shape index (κ1) is 68.2. The van der Waals surface area contributed by atoms with Crippen LogP contribution in [0.1, 0.15) is 214 Å². The molecule has 0 unspecified atom stereocenters. The number of esters is 1. The third-order valence-electron chi connectivity index (χ3n) is 17.3. The molecule has 0 amide bonds.